The molecule has 0 saturated carbocycles. The third kappa shape index (κ3) is 2.36. The highest BCUT2D eigenvalue weighted by Gasteiger charge is 2.27. The van der Waals surface area contributed by atoms with Crippen LogP contribution in [0.15, 0.2) is 30.6 Å². The molecule has 104 valence electrons. The monoisotopic (exact) mass is 291 g/mol. The van der Waals surface area contributed by atoms with Gasteiger partial charge in [0.15, 0.2) is 0 Å². The number of ether oxygens (including phenoxy) is 1. The molecule has 2 heterocycles. The van der Waals surface area contributed by atoms with E-state index < -0.39 is 0 Å². The quantitative estimate of drug-likeness (QED) is 0.942. The summed E-state index contributed by atoms with van der Waals surface area (Å²) in [6.07, 6.45) is 3.45. The second kappa shape index (κ2) is 5.17. The summed E-state index contributed by atoms with van der Waals surface area (Å²) < 4.78 is 7.32. The molecule has 5 nitrogen and oxygen atoms in total. The zero-order valence-corrected chi connectivity index (χ0v) is 11.7. The summed E-state index contributed by atoms with van der Waals surface area (Å²) in [5.74, 6) is 1.45. The van der Waals surface area contributed by atoms with Gasteiger partial charge in [0.1, 0.15) is 24.7 Å². The average molecular weight is 292 g/mol. The van der Waals surface area contributed by atoms with Crippen LogP contribution in [0.25, 0.3) is 0 Å². The molecule has 1 unspecified atom stereocenters. The molecule has 2 aromatic rings. The van der Waals surface area contributed by atoms with E-state index in [2.05, 4.69) is 10.3 Å². The maximum absolute atomic E-state index is 12.1. The Labute approximate surface area is 121 Å². The number of nitrogens with one attached hydrogen (secondary N) is 1. The van der Waals surface area contributed by atoms with Gasteiger partial charge in [-0.2, -0.15) is 0 Å². The van der Waals surface area contributed by atoms with Crippen LogP contribution in [0.3, 0.4) is 0 Å². The number of fused-ring (bicyclic) bond motifs is 1. The van der Waals surface area contributed by atoms with E-state index in [1.807, 2.05) is 19.1 Å². The van der Waals surface area contributed by atoms with Crippen molar-refractivity contribution in [3.8, 4) is 5.75 Å². The van der Waals surface area contributed by atoms with E-state index in [1.54, 1.807) is 23.0 Å². The lowest BCUT2D eigenvalue weighted by molar-refractivity contribution is -0.122. The van der Waals surface area contributed by atoms with Crippen molar-refractivity contribution >= 4 is 17.5 Å². The van der Waals surface area contributed by atoms with Crippen LogP contribution in [0.5, 0.6) is 5.75 Å². The first-order valence-electron chi connectivity index (χ1n) is 6.33. The molecule has 1 aromatic heterocycles. The molecule has 0 aliphatic carbocycles. The molecule has 3 rings (SSSR count). The Morgan fingerprint density at radius 1 is 1.60 bits per heavy atom. The van der Waals surface area contributed by atoms with Crippen LogP contribution in [0, 0.1) is 6.92 Å². The lowest BCUT2D eigenvalue weighted by Crippen LogP contribution is -2.32. The second-order valence-electron chi connectivity index (χ2n) is 4.69. The normalized spacial score (nSPS) is 16.6. The fourth-order valence-electron chi connectivity index (χ4n) is 2.32. The van der Waals surface area contributed by atoms with Gasteiger partial charge in [0.2, 0.25) is 5.91 Å². The van der Waals surface area contributed by atoms with Gasteiger partial charge in [-0.1, -0.05) is 17.7 Å². The maximum Gasteiger partial charge on any atom is 0.240 e. The number of hydrogen-bond donors (Lipinski definition) is 1. The van der Waals surface area contributed by atoms with E-state index in [1.165, 1.54) is 0 Å². The van der Waals surface area contributed by atoms with E-state index in [0.717, 1.165) is 17.1 Å². The van der Waals surface area contributed by atoms with Crippen molar-refractivity contribution in [2.24, 2.45) is 0 Å². The first kappa shape index (κ1) is 13.0. The molecule has 20 heavy (non-hydrogen) atoms. The Morgan fingerprint density at radius 2 is 2.45 bits per heavy atom. The summed E-state index contributed by atoms with van der Waals surface area (Å²) in [7, 11) is 0. The Morgan fingerprint density at radius 3 is 3.20 bits per heavy atom. The summed E-state index contributed by atoms with van der Waals surface area (Å²) in [5.41, 5.74) is 0.852. The topological polar surface area (TPSA) is 56.2 Å². The number of carbonyl (C=O) groups is 1. The number of aryl methyl sites for hydroxylation is 1. The fourth-order valence-corrected chi connectivity index (χ4v) is 2.61. The van der Waals surface area contributed by atoms with Gasteiger partial charge < -0.3 is 14.6 Å². The predicted octanol–water partition coefficient (Wildman–Crippen LogP) is 2.09. The molecule has 1 amide bonds. The van der Waals surface area contributed by atoms with Crippen LogP contribution in [0.4, 0.5) is 0 Å². The number of nitrogens with zero attached hydrogens (tertiary/aromatic N) is 2. The molecule has 1 aliphatic rings. The van der Waals surface area contributed by atoms with E-state index in [9.17, 15) is 4.79 Å². The minimum Gasteiger partial charge on any atom is -0.491 e. The third-order valence-corrected chi connectivity index (χ3v) is 3.67. The van der Waals surface area contributed by atoms with Crippen LogP contribution >= 0.6 is 11.6 Å². The Hall–Kier alpha value is -2.01. The van der Waals surface area contributed by atoms with Gasteiger partial charge in [-0.05, 0) is 19.1 Å². The van der Waals surface area contributed by atoms with Crippen molar-refractivity contribution in [2.45, 2.75) is 19.5 Å². The molecular weight excluding hydrogens is 278 g/mol. The van der Waals surface area contributed by atoms with E-state index in [0.29, 0.717) is 11.6 Å². The second-order valence-corrected chi connectivity index (χ2v) is 5.09. The van der Waals surface area contributed by atoms with Gasteiger partial charge in [-0.3, -0.25) is 4.79 Å². The number of rotatable bonds is 3. The molecule has 6 heteroatoms. The van der Waals surface area contributed by atoms with E-state index in [-0.39, 0.29) is 18.5 Å². The van der Waals surface area contributed by atoms with Crippen molar-refractivity contribution in [1.82, 2.24) is 14.9 Å². The predicted molar refractivity (Wildman–Crippen MR) is 74.8 cm³/mol. The van der Waals surface area contributed by atoms with Crippen LogP contribution in [0.1, 0.15) is 17.4 Å². The Balaban J connectivity index is 1.71. The van der Waals surface area contributed by atoms with Gasteiger partial charge in [0, 0.05) is 23.0 Å². The smallest absolute Gasteiger partial charge is 0.240 e. The molecule has 0 saturated heterocycles. The number of carbonyl (C=O) groups excluding carboxylic acids is 1. The third-order valence-electron chi connectivity index (χ3n) is 3.34. The van der Waals surface area contributed by atoms with Crippen LogP contribution in [-0.2, 0) is 11.3 Å². The fraction of sp³-hybridized carbons (Fsp3) is 0.286. The Bertz CT molecular complexity index is 654. The van der Waals surface area contributed by atoms with Crippen LogP contribution < -0.4 is 10.1 Å². The zero-order chi connectivity index (χ0) is 14.1. The number of hydrogen-bond acceptors (Lipinski definition) is 3. The van der Waals surface area contributed by atoms with Gasteiger partial charge in [0.05, 0.1) is 6.04 Å². The first-order chi connectivity index (χ1) is 9.65. The minimum atomic E-state index is -0.199. The Kier molecular flexibility index (Phi) is 3.36. The summed E-state index contributed by atoms with van der Waals surface area (Å²) in [4.78, 5) is 16.2. The molecule has 0 bridgehead atoms. The SMILES string of the molecule is Cc1nccn1CC(=O)NC1COc2cccc(Cl)c21. The molecule has 0 fully saturated rings. The van der Waals surface area contributed by atoms with Crippen molar-refractivity contribution < 1.29 is 9.53 Å². The highest BCUT2D eigenvalue weighted by atomic mass is 35.5. The van der Waals surface area contributed by atoms with E-state index >= 15 is 0 Å². The zero-order valence-electron chi connectivity index (χ0n) is 11.0. The lowest BCUT2D eigenvalue weighted by Gasteiger charge is -2.13. The first-order valence-corrected chi connectivity index (χ1v) is 6.71. The summed E-state index contributed by atoms with van der Waals surface area (Å²) >= 11 is 6.17. The molecule has 1 aliphatic heterocycles. The number of amides is 1. The van der Waals surface area contributed by atoms with Crippen molar-refractivity contribution in [1.29, 1.82) is 0 Å². The van der Waals surface area contributed by atoms with Crippen molar-refractivity contribution in [3.05, 3.63) is 47.0 Å². The number of imidazole rings is 1. The largest absolute Gasteiger partial charge is 0.491 e. The minimum absolute atomic E-state index is 0.0903. The summed E-state index contributed by atoms with van der Waals surface area (Å²) in [6, 6.07) is 5.29. The molecule has 1 N–H and O–H groups in total. The van der Waals surface area contributed by atoms with Crippen molar-refractivity contribution in [3.63, 3.8) is 0 Å². The summed E-state index contributed by atoms with van der Waals surface area (Å²) in [5, 5.41) is 3.56. The van der Waals surface area contributed by atoms with Gasteiger partial charge >= 0.3 is 0 Å². The summed E-state index contributed by atoms with van der Waals surface area (Å²) in [6.45, 7) is 2.51. The number of benzene rings is 1. The standard InChI is InChI=1S/C14H14ClN3O2/c1-9-16-5-6-18(9)7-13(19)17-11-8-20-12-4-2-3-10(15)14(11)12/h2-6,11H,7-8H2,1H3,(H,17,19). The molecule has 0 radical (unpaired) electrons. The highest BCUT2D eigenvalue weighted by molar-refractivity contribution is 6.31. The highest BCUT2D eigenvalue weighted by Crippen LogP contribution is 2.37. The average Bonchev–Trinajstić information content (AvgIpc) is 2.98. The van der Waals surface area contributed by atoms with Gasteiger partial charge in [-0.25, -0.2) is 4.98 Å². The van der Waals surface area contributed by atoms with Gasteiger partial charge in [-0.15, -0.1) is 0 Å². The van der Waals surface area contributed by atoms with Gasteiger partial charge in [0.25, 0.3) is 0 Å². The number of halogens is 1. The molecule has 1 aromatic carbocycles. The van der Waals surface area contributed by atoms with Crippen LogP contribution in [0.2, 0.25) is 5.02 Å². The lowest BCUT2D eigenvalue weighted by atomic mass is 10.1. The molecule has 0 spiro atoms. The van der Waals surface area contributed by atoms with Crippen molar-refractivity contribution in [2.75, 3.05) is 6.61 Å². The number of aromatic nitrogens is 2. The van der Waals surface area contributed by atoms with Crippen LogP contribution in [-0.4, -0.2) is 22.1 Å². The maximum atomic E-state index is 12.1. The molecule has 1 atom stereocenters. The molecular formula is C14H14ClN3O2. The van der Waals surface area contributed by atoms with E-state index in [4.69, 9.17) is 16.3 Å².